The summed E-state index contributed by atoms with van der Waals surface area (Å²) in [6, 6.07) is 7.14. The van der Waals surface area contributed by atoms with Gasteiger partial charge in [0.05, 0.1) is 4.88 Å². The number of hydrogen-bond acceptors (Lipinski definition) is 4. The highest BCUT2D eigenvalue weighted by atomic mass is 32.2. The molecule has 4 nitrogen and oxygen atoms in total. The maximum atomic E-state index is 12.7. The Labute approximate surface area is 154 Å². The summed E-state index contributed by atoms with van der Waals surface area (Å²) in [4.78, 5) is 28.4. The number of aryl methyl sites for hydroxylation is 1. The second kappa shape index (κ2) is 6.84. The van der Waals surface area contributed by atoms with Crippen LogP contribution in [0.2, 0.25) is 0 Å². The molecule has 3 aromatic rings. The molecule has 0 amide bonds. The zero-order valence-corrected chi connectivity index (χ0v) is 15.7. The van der Waals surface area contributed by atoms with Gasteiger partial charge >= 0.3 is 0 Å². The maximum absolute atomic E-state index is 12.7. The van der Waals surface area contributed by atoms with Gasteiger partial charge < -0.3 is 9.55 Å². The van der Waals surface area contributed by atoms with Gasteiger partial charge in [0.2, 0.25) is 11.3 Å². The number of nitrogens with one attached hydrogen (secondary N) is 1. The smallest absolute Gasteiger partial charge is 0.247 e. The van der Waals surface area contributed by atoms with Crippen LogP contribution in [0, 0.1) is 12.8 Å². The summed E-state index contributed by atoms with van der Waals surface area (Å²) in [5.41, 5.74) is 1.60. The number of H-pyrrole nitrogens is 1. The van der Waals surface area contributed by atoms with Gasteiger partial charge in [-0.15, -0.1) is 11.3 Å². The predicted molar refractivity (Wildman–Crippen MR) is 105 cm³/mol. The highest BCUT2D eigenvalue weighted by Gasteiger charge is 2.19. The fraction of sp³-hybridized carbons (Fsp3) is 0.368. The minimum absolute atomic E-state index is 0.0317. The number of hydrogen-bond donors (Lipinski definition) is 1. The number of carbonyl (C=O) groups is 1. The summed E-state index contributed by atoms with van der Waals surface area (Å²) in [5.74, 6) is 3.22. The van der Waals surface area contributed by atoms with Crippen molar-refractivity contribution in [3.63, 3.8) is 0 Å². The van der Waals surface area contributed by atoms with Crippen LogP contribution in [-0.2, 0) is 6.54 Å². The zero-order valence-electron chi connectivity index (χ0n) is 14.1. The first-order chi connectivity index (χ1) is 12.1. The molecule has 1 aliphatic rings. The first-order valence-electron chi connectivity index (χ1n) is 8.52. The van der Waals surface area contributed by atoms with Gasteiger partial charge in [0.1, 0.15) is 4.83 Å². The van der Waals surface area contributed by atoms with Crippen LogP contribution in [0.15, 0.2) is 35.3 Å². The van der Waals surface area contributed by atoms with Crippen molar-refractivity contribution in [1.82, 2.24) is 9.55 Å². The molecule has 25 heavy (non-hydrogen) atoms. The molecule has 1 fully saturated rings. The lowest BCUT2D eigenvalue weighted by Gasteiger charge is -2.22. The Hall–Kier alpha value is -1.79. The molecule has 0 saturated carbocycles. The average molecular weight is 373 g/mol. The molecule has 0 aliphatic carbocycles. The molecule has 6 heteroatoms. The number of ketones is 1. The number of rotatable bonds is 4. The van der Waals surface area contributed by atoms with Gasteiger partial charge in [-0.1, -0.05) is 0 Å². The third kappa shape index (κ3) is 3.33. The van der Waals surface area contributed by atoms with Crippen LogP contribution in [0.25, 0.3) is 10.2 Å². The van der Waals surface area contributed by atoms with E-state index in [1.165, 1.54) is 47.1 Å². The van der Waals surface area contributed by atoms with Crippen molar-refractivity contribution in [2.75, 3.05) is 11.5 Å². The Balaban J connectivity index is 1.65. The number of pyridine rings is 1. The molecular formula is C19H20N2O2S2. The van der Waals surface area contributed by atoms with Crippen LogP contribution in [-0.4, -0.2) is 26.8 Å². The average Bonchev–Trinajstić information content (AvgIpc) is 3.15. The highest BCUT2D eigenvalue weighted by molar-refractivity contribution is 7.99. The first-order valence-corrected chi connectivity index (χ1v) is 10.5. The number of nitrogens with zero attached hydrogens (tertiary/aromatic N) is 1. The third-order valence-electron chi connectivity index (χ3n) is 4.83. The number of aromatic amines is 1. The van der Waals surface area contributed by atoms with Crippen LogP contribution in [0.5, 0.6) is 0 Å². The van der Waals surface area contributed by atoms with Crippen LogP contribution in [0.4, 0.5) is 0 Å². The van der Waals surface area contributed by atoms with Gasteiger partial charge in [-0.25, -0.2) is 0 Å². The summed E-state index contributed by atoms with van der Waals surface area (Å²) in [7, 11) is 0. The van der Waals surface area contributed by atoms with Crippen molar-refractivity contribution in [2.24, 2.45) is 5.92 Å². The van der Waals surface area contributed by atoms with Gasteiger partial charge in [0.15, 0.2) is 0 Å². The lowest BCUT2D eigenvalue weighted by Crippen LogP contribution is -2.16. The lowest BCUT2D eigenvalue weighted by atomic mass is 10.0. The number of fused-ring (bicyclic) bond motifs is 1. The molecule has 4 heterocycles. The van der Waals surface area contributed by atoms with Crippen molar-refractivity contribution in [1.29, 1.82) is 0 Å². The van der Waals surface area contributed by atoms with Gasteiger partial charge in [-0.3, -0.25) is 9.59 Å². The second-order valence-electron chi connectivity index (χ2n) is 6.59. The van der Waals surface area contributed by atoms with Crippen molar-refractivity contribution in [2.45, 2.75) is 26.3 Å². The molecule has 0 bridgehead atoms. The Morgan fingerprint density at radius 1 is 1.28 bits per heavy atom. The van der Waals surface area contributed by atoms with E-state index in [4.69, 9.17) is 0 Å². The molecule has 130 valence electrons. The monoisotopic (exact) mass is 372 g/mol. The number of carbonyl (C=O) groups excluding carboxylic acids is 1. The largest absolute Gasteiger partial charge is 0.336 e. The van der Waals surface area contributed by atoms with Crippen LogP contribution < -0.4 is 5.56 Å². The molecule has 3 aromatic heterocycles. The molecule has 0 radical (unpaired) electrons. The molecule has 0 aromatic carbocycles. The van der Waals surface area contributed by atoms with Gasteiger partial charge in [0, 0.05) is 35.5 Å². The Morgan fingerprint density at radius 2 is 2.08 bits per heavy atom. The number of thioether (sulfide) groups is 1. The summed E-state index contributed by atoms with van der Waals surface area (Å²) < 4.78 is 2.38. The van der Waals surface area contributed by atoms with Crippen LogP contribution >= 0.6 is 23.1 Å². The molecule has 0 spiro atoms. The van der Waals surface area contributed by atoms with Gasteiger partial charge in [-0.05, 0) is 55.4 Å². The Kier molecular flexibility index (Phi) is 4.56. The molecule has 1 aliphatic heterocycles. The van der Waals surface area contributed by atoms with Crippen molar-refractivity contribution in [3.05, 3.63) is 57.0 Å². The van der Waals surface area contributed by atoms with Gasteiger partial charge in [0.25, 0.3) is 0 Å². The molecular weight excluding hydrogens is 352 g/mol. The lowest BCUT2D eigenvalue weighted by molar-refractivity contribution is 0.104. The molecule has 1 saturated heterocycles. The van der Waals surface area contributed by atoms with Crippen LogP contribution in [0.1, 0.15) is 33.8 Å². The fourth-order valence-corrected chi connectivity index (χ4v) is 5.77. The van der Waals surface area contributed by atoms with E-state index in [0.29, 0.717) is 5.56 Å². The number of aromatic nitrogens is 2. The van der Waals surface area contributed by atoms with E-state index in [9.17, 15) is 9.59 Å². The Morgan fingerprint density at radius 3 is 2.80 bits per heavy atom. The standard InChI is InChI=1S/C19H20N2O2S2/c1-12-8-15-9-16(18(23)14-2-3-17(22)20-10-14)25-19(15)21(12)11-13-4-6-24-7-5-13/h2-3,8-10,13H,4-7,11H2,1H3,(H,20,22). The Bertz CT molecular complexity index is 957. The topological polar surface area (TPSA) is 54.9 Å². The predicted octanol–water partition coefficient (Wildman–Crippen LogP) is 4.07. The maximum Gasteiger partial charge on any atom is 0.247 e. The van der Waals surface area contributed by atoms with E-state index in [0.717, 1.165) is 22.7 Å². The molecule has 1 N–H and O–H groups in total. The quantitative estimate of drug-likeness (QED) is 0.702. The molecule has 4 rings (SSSR count). The fourth-order valence-electron chi connectivity index (χ4n) is 3.39. The summed E-state index contributed by atoms with van der Waals surface area (Å²) >= 11 is 3.61. The summed E-state index contributed by atoms with van der Waals surface area (Å²) in [6.07, 6.45) is 4.05. The molecule has 0 unspecified atom stereocenters. The van der Waals surface area contributed by atoms with E-state index < -0.39 is 0 Å². The van der Waals surface area contributed by atoms with E-state index in [2.05, 4.69) is 22.5 Å². The van der Waals surface area contributed by atoms with Crippen molar-refractivity contribution >= 4 is 39.1 Å². The zero-order chi connectivity index (χ0) is 17.4. The van der Waals surface area contributed by atoms with Crippen molar-refractivity contribution in [3.8, 4) is 0 Å². The van der Waals surface area contributed by atoms with E-state index >= 15 is 0 Å². The first kappa shape index (κ1) is 16.7. The third-order valence-corrected chi connectivity index (χ3v) is 7.05. The normalized spacial score (nSPS) is 15.7. The molecule has 0 atom stereocenters. The minimum Gasteiger partial charge on any atom is -0.336 e. The highest BCUT2D eigenvalue weighted by Crippen LogP contribution is 2.33. The van der Waals surface area contributed by atoms with E-state index in [1.54, 1.807) is 17.4 Å². The van der Waals surface area contributed by atoms with E-state index in [1.807, 2.05) is 17.8 Å². The summed E-state index contributed by atoms with van der Waals surface area (Å²) in [6.45, 7) is 3.19. The minimum atomic E-state index is -0.194. The summed E-state index contributed by atoms with van der Waals surface area (Å²) in [5, 5.41) is 1.14. The van der Waals surface area contributed by atoms with E-state index in [-0.39, 0.29) is 11.3 Å². The van der Waals surface area contributed by atoms with Crippen LogP contribution in [0.3, 0.4) is 0 Å². The van der Waals surface area contributed by atoms with Crippen molar-refractivity contribution < 1.29 is 4.79 Å². The second-order valence-corrected chi connectivity index (χ2v) is 8.85. The SMILES string of the molecule is Cc1cc2cc(C(=O)c3ccc(=O)[nH]c3)sc2n1CC1CCSCC1. The van der Waals surface area contributed by atoms with Gasteiger partial charge in [-0.2, -0.15) is 11.8 Å². The number of thiophene rings is 1.